The van der Waals surface area contributed by atoms with Gasteiger partial charge in [0.05, 0.1) is 21.3 Å². The first kappa shape index (κ1) is 19.8. The number of methoxy groups -OCH3 is 3. The van der Waals surface area contributed by atoms with Crippen molar-refractivity contribution in [3.05, 3.63) is 40.4 Å². The average molecular weight is 391 g/mol. The van der Waals surface area contributed by atoms with Crippen LogP contribution >= 0.6 is 11.6 Å². The first-order valence-corrected chi connectivity index (χ1v) is 9.48. The molecule has 0 amide bonds. The number of piperazine rings is 1. The monoisotopic (exact) mass is 390 g/mol. The number of benzene rings is 2. The third-order valence-corrected chi connectivity index (χ3v) is 5.46. The average Bonchev–Trinajstić information content (AvgIpc) is 2.70. The second-order valence-corrected chi connectivity index (χ2v) is 7.03. The topological polar surface area (TPSA) is 43.0 Å². The van der Waals surface area contributed by atoms with Crippen molar-refractivity contribution in [3.63, 3.8) is 0 Å². The predicted molar refractivity (Wildman–Crippen MR) is 109 cm³/mol. The van der Waals surface area contributed by atoms with Gasteiger partial charge in [-0.3, -0.25) is 4.90 Å². The lowest BCUT2D eigenvalue weighted by Gasteiger charge is -2.29. The minimum absolute atomic E-state index is 0.596. The molecule has 1 N–H and O–H groups in total. The van der Waals surface area contributed by atoms with E-state index in [9.17, 15) is 0 Å². The van der Waals surface area contributed by atoms with E-state index in [4.69, 9.17) is 25.8 Å². The number of nitrogens with zero attached hydrogens (tertiary/aromatic N) is 1. The zero-order valence-electron chi connectivity index (χ0n) is 16.4. The smallest absolute Gasteiger partial charge is 0.203 e. The molecule has 0 bridgehead atoms. The maximum absolute atomic E-state index is 6.42. The van der Waals surface area contributed by atoms with Crippen LogP contribution in [0.25, 0.3) is 11.1 Å². The molecule has 146 valence electrons. The Kier molecular flexibility index (Phi) is 6.47. The lowest BCUT2D eigenvalue weighted by atomic mass is 9.93. The fourth-order valence-electron chi connectivity index (χ4n) is 3.62. The van der Waals surface area contributed by atoms with Crippen molar-refractivity contribution < 1.29 is 14.2 Å². The summed E-state index contributed by atoms with van der Waals surface area (Å²) in [6.07, 6.45) is 0. The molecule has 0 aliphatic carbocycles. The Balaban J connectivity index is 2.21. The molecule has 0 spiro atoms. The molecule has 1 aliphatic rings. The Morgan fingerprint density at radius 2 is 1.74 bits per heavy atom. The summed E-state index contributed by atoms with van der Waals surface area (Å²) in [7, 11) is 4.94. The van der Waals surface area contributed by atoms with E-state index in [0.717, 1.165) is 60.0 Å². The van der Waals surface area contributed by atoms with E-state index in [2.05, 4.69) is 22.3 Å². The summed E-state index contributed by atoms with van der Waals surface area (Å²) in [6.45, 7) is 6.84. The molecule has 0 saturated carbocycles. The van der Waals surface area contributed by atoms with Gasteiger partial charge >= 0.3 is 0 Å². The fourth-order valence-corrected chi connectivity index (χ4v) is 3.79. The van der Waals surface area contributed by atoms with E-state index in [1.807, 2.05) is 19.1 Å². The van der Waals surface area contributed by atoms with Crippen LogP contribution in [0.15, 0.2) is 24.3 Å². The van der Waals surface area contributed by atoms with Crippen molar-refractivity contribution in [1.29, 1.82) is 0 Å². The number of ether oxygens (including phenoxy) is 3. The minimum atomic E-state index is 0.596. The van der Waals surface area contributed by atoms with Crippen LogP contribution in [0.4, 0.5) is 0 Å². The first-order valence-electron chi connectivity index (χ1n) is 9.11. The summed E-state index contributed by atoms with van der Waals surface area (Å²) in [5.74, 6) is 1.94. The second kappa shape index (κ2) is 8.83. The molecule has 6 heteroatoms. The molecule has 1 aliphatic heterocycles. The first-order chi connectivity index (χ1) is 13.1. The second-order valence-electron chi connectivity index (χ2n) is 6.62. The van der Waals surface area contributed by atoms with Gasteiger partial charge in [0.1, 0.15) is 0 Å². The molecule has 1 fully saturated rings. The highest BCUT2D eigenvalue weighted by molar-refractivity contribution is 6.31. The van der Waals surface area contributed by atoms with Crippen molar-refractivity contribution in [2.45, 2.75) is 13.5 Å². The third kappa shape index (κ3) is 4.00. The Hall–Kier alpha value is -1.95. The van der Waals surface area contributed by atoms with Gasteiger partial charge in [0, 0.05) is 43.3 Å². The van der Waals surface area contributed by atoms with Gasteiger partial charge in [0.2, 0.25) is 5.75 Å². The fraction of sp³-hybridized carbons (Fsp3) is 0.429. The summed E-state index contributed by atoms with van der Waals surface area (Å²) >= 11 is 6.42. The van der Waals surface area contributed by atoms with Crippen LogP contribution in [-0.2, 0) is 6.54 Å². The summed E-state index contributed by atoms with van der Waals surface area (Å²) in [5.41, 5.74) is 4.21. The summed E-state index contributed by atoms with van der Waals surface area (Å²) in [4.78, 5) is 2.43. The van der Waals surface area contributed by atoms with E-state index in [-0.39, 0.29) is 0 Å². The maximum Gasteiger partial charge on any atom is 0.203 e. The lowest BCUT2D eigenvalue weighted by Crippen LogP contribution is -2.43. The molecule has 5 nitrogen and oxygen atoms in total. The Bertz CT molecular complexity index is 804. The summed E-state index contributed by atoms with van der Waals surface area (Å²) in [6, 6.07) is 8.00. The number of hydrogen-bond donors (Lipinski definition) is 1. The molecule has 0 unspecified atom stereocenters. The molecule has 0 atom stereocenters. The van der Waals surface area contributed by atoms with Gasteiger partial charge in [-0.25, -0.2) is 0 Å². The normalized spacial score (nSPS) is 14.9. The zero-order valence-corrected chi connectivity index (χ0v) is 17.2. The number of hydrogen-bond acceptors (Lipinski definition) is 5. The van der Waals surface area contributed by atoms with Gasteiger partial charge in [-0.1, -0.05) is 23.7 Å². The van der Waals surface area contributed by atoms with Gasteiger partial charge in [0.15, 0.2) is 11.5 Å². The highest BCUT2D eigenvalue weighted by Gasteiger charge is 2.24. The predicted octanol–water partition coefficient (Wildman–Crippen LogP) is 3.75. The van der Waals surface area contributed by atoms with Crippen molar-refractivity contribution in [2.24, 2.45) is 0 Å². The standard InChI is InChI=1S/C21H27ClN2O3/c1-14-16(6-5-7-17(14)22)19-15(13-24-10-8-23-9-11-24)12-18(25-2)20(26-3)21(19)27-4/h5-7,12,23H,8-11,13H2,1-4H3. The molecule has 1 heterocycles. The molecule has 1 saturated heterocycles. The van der Waals surface area contributed by atoms with Crippen molar-refractivity contribution >= 4 is 11.6 Å². The molecule has 0 radical (unpaired) electrons. The van der Waals surface area contributed by atoms with Crippen LogP contribution < -0.4 is 19.5 Å². The van der Waals surface area contributed by atoms with E-state index >= 15 is 0 Å². The maximum atomic E-state index is 6.42. The molecular formula is C21H27ClN2O3. The van der Waals surface area contributed by atoms with E-state index in [1.54, 1.807) is 21.3 Å². The molecule has 3 rings (SSSR count). The Labute approximate surface area is 166 Å². The van der Waals surface area contributed by atoms with Gasteiger partial charge in [-0.15, -0.1) is 0 Å². The van der Waals surface area contributed by atoms with Crippen LogP contribution in [-0.4, -0.2) is 52.4 Å². The SMILES string of the molecule is COc1cc(CN2CCNCC2)c(-c2cccc(Cl)c2C)c(OC)c1OC. The number of rotatable bonds is 6. The quantitative estimate of drug-likeness (QED) is 0.813. The van der Waals surface area contributed by atoms with E-state index in [1.165, 1.54) is 0 Å². The lowest BCUT2D eigenvalue weighted by molar-refractivity contribution is 0.232. The highest BCUT2D eigenvalue weighted by atomic mass is 35.5. The van der Waals surface area contributed by atoms with Crippen LogP contribution in [0.1, 0.15) is 11.1 Å². The Morgan fingerprint density at radius 1 is 1.04 bits per heavy atom. The van der Waals surface area contributed by atoms with Crippen molar-refractivity contribution in [3.8, 4) is 28.4 Å². The molecule has 2 aromatic rings. The molecule has 0 aromatic heterocycles. The largest absolute Gasteiger partial charge is 0.493 e. The van der Waals surface area contributed by atoms with Crippen molar-refractivity contribution in [1.82, 2.24) is 10.2 Å². The molecular weight excluding hydrogens is 364 g/mol. The van der Waals surface area contributed by atoms with Crippen LogP contribution in [0, 0.1) is 6.92 Å². The third-order valence-electron chi connectivity index (χ3n) is 5.05. The number of halogens is 1. The summed E-state index contributed by atoms with van der Waals surface area (Å²) in [5, 5.41) is 4.13. The van der Waals surface area contributed by atoms with Gasteiger partial charge in [0.25, 0.3) is 0 Å². The van der Waals surface area contributed by atoms with Crippen LogP contribution in [0.5, 0.6) is 17.2 Å². The van der Waals surface area contributed by atoms with Crippen LogP contribution in [0.3, 0.4) is 0 Å². The van der Waals surface area contributed by atoms with Gasteiger partial charge in [-0.05, 0) is 35.7 Å². The van der Waals surface area contributed by atoms with E-state index < -0.39 is 0 Å². The van der Waals surface area contributed by atoms with Crippen LogP contribution in [0.2, 0.25) is 5.02 Å². The molecule has 27 heavy (non-hydrogen) atoms. The van der Waals surface area contributed by atoms with E-state index in [0.29, 0.717) is 17.2 Å². The Morgan fingerprint density at radius 3 is 2.37 bits per heavy atom. The highest BCUT2D eigenvalue weighted by Crippen LogP contribution is 2.48. The van der Waals surface area contributed by atoms with Crippen molar-refractivity contribution in [2.75, 3.05) is 47.5 Å². The zero-order chi connectivity index (χ0) is 19.4. The van der Waals surface area contributed by atoms with Gasteiger partial charge < -0.3 is 19.5 Å². The number of nitrogens with one attached hydrogen (secondary N) is 1. The molecule has 2 aromatic carbocycles. The van der Waals surface area contributed by atoms with Gasteiger partial charge in [-0.2, -0.15) is 0 Å². The minimum Gasteiger partial charge on any atom is -0.493 e. The summed E-state index contributed by atoms with van der Waals surface area (Å²) < 4.78 is 17.0.